The summed E-state index contributed by atoms with van der Waals surface area (Å²) in [6.07, 6.45) is 14.9. The van der Waals surface area contributed by atoms with Crippen LogP contribution in [0, 0.1) is 52.3 Å². The molecular formula is C24H32O2. The van der Waals surface area contributed by atoms with E-state index >= 15 is 0 Å². The van der Waals surface area contributed by atoms with Crippen LogP contribution in [0.25, 0.3) is 0 Å². The normalized spacial score (nSPS) is 50.1. The summed E-state index contributed by atoms with van der Waals surface area (Å²) in [7, 11) is 0. The highest BCUT2D eigenvalue weighted by atomic mass is 16.1. The van der Waals surface area contributed by atoms with E-state index in [9.17, 15) is 9.59 Å². The van der Waals surface area contributed by atoms with E-state index in [4.69, 9.17) is 6.42 Å². The molecule has 4 aliphatic carbocycles. The van der Waals surface area contributed by atoms with Gasteiger partial charge in [0.1, 0.15) is 5.78 Å². The van der Waals surface area contributed by atoms with E-state index in [0.717, 1.165) is 38.5 Å². The van der Waals surface area contributed by atoms with E-state index in [-0.39, 0.29) is 16.6 Å². The smallest absolute Gasteiger partial charge is 0.155 e. The van der Waals surface area contributed by atoms with Crippen molar-refractivity contribution in [2.75, 3.05) is 0 Å². The average molecular weight is 353 g/mol. The zero-order chi connectivity index (χ0) is 18.9. The van der Waals surface area contributed by atoms with Crippen LogP contribution in [0.3, 0.4) is 0 Å². The lowest BCUT2D eigenvalue weighted by atomic mass is 9.43. The number of rotatable bonds is 1. The first-order chi connectivity index (χ1) is 12.2. The minimum absolute atomic E-state index is 0.0590. The molecule has 0 aromatic rings. The summed E-state index contributed by atoms with van der Waals surface area (Å²) in [6, 6.07) is 0. The van der Waals surface area contributed by atoms with Crippen LogP contribution in [0.2, 0.25) is 0 Å². The first-order valence-electron chi connectivity index (χ1n) is 10.4. The summed E-state index contributed by atoms with van der Waals surface area (Å²) >= 11 is 0. The van der Waals surface area contributed by atoms with Crippen LogP contribution in [0.1, 0.15) is 72.6 Å². The number of allylic oxidation sites excluding steroid dienone is 1. The van der Waals surface area contributed by atoms with Crippen molar-refractivity contribution in [2.45, 2.75) is 72.6 Å². The Labute approximate surface area is 158 Å². The van der Waals surface area contributed by atoms with Gasteiger partial charge in [-0.05, 0) is 86.0 Å². The molecule has 0 aromatic carbocycles. The van der Waals surface area contributed by atoms with Crippen LogP contribution in [0.15, 0.2) is 11.6 Å². The quantitative estimate of drug-likeness (QED) is 0.624. The van der Waals surface area contributed by atoms with E-state index in [1.807, 2.05) is 6.08 Å². The Morgan fingerprint density at radius 2 is 1.88 bits per heavy atom. The Balaban J connectivity index is 1.75. The molecular weight excluding hydrogens is 320 g/mol. The monoisotopic (exact) mass is 352 g/mol. The average Bonchev–Trinajstić information content (AvgIpc) is 2.90. The molecule has 0 bridgehead atoms. The molecule has 4 aliphatic rings. The highest BCUT2D eigenvalue weighted by Gasteiger charge is 2.65. The van der Waals surface area contributed by atoms with Gasteiger partial charge in [-0.1, -0.05) is 32.3 Å². The molecule has 2 heteroatoms. The number of carbonyl (C=O) groups is 2. The van der Waals surface area contributed by atoms with Crippen LogP contribution < -0.4 is 0 Å². The van der Waals surface area contributed by atoms with E-state index in [0.29, 0.717) is 35.9 Å². The number of hydrogen-bond donors (Lipinski definition) is 0. The molecule has 0 amide bonds. The molecule has 0 saturated heterocycles. The number of hydrogen-bond acceptors (Lipinski definition) is 2. The van der Waals surface area contributed by atoms with Crippen molar-refractivity contribution >= 4 is 11.6 Å². The molecule has 3 saturated carbocycles. The van der Waals surface area contributed by atoms with Crippen LogP contribution in [-0.2, 0) is 9.59 Å². The number of terminal acetylenes is 1. The highest BCUT2D eigenvalue weighted by molar-refractivity contribution is 5.91. The van der Waals surface area contributed by atoms with Gasteiger partial charge in [-0.3, -0.25) is 9.59 Å². The molecule has 0 spiro atoms. The lowest BCUT2D eigenvalue weighted by Crippen LogP contribution is -2.55. The Bertz CT molecular complexity index is 740. The van der Waals surface area contributed by atoms with Crippen molar-refractivity contribution in [2.24, 2.45) is 39.9 Å². The number of Topliss-reactive ketones (excluding diaryl/α,β-unsaturated/α-hetero) is 1. The number of carbonyl (C=O) groups excluding carboxylic acids is 2. The first-order valence-corrected chi connectivity index (χ1v) is 10.4. The Kier molecular flexibility index (Phi) is 3.86. The molecule has 0 radical (unpaired) electrons. The zero-order valence-electron chi connectivity index (χ0n) is 16.7. The molecule has 26 heavy (non-hydrogen) atoms. The third-order valence-corrected chi connectivity index (χ3v) is 9.32. The maximum Gasteiger partial charge on any atom is 0.155 e. The highest BCUT2D eigenvalue weighted by Crippen LogP contribution is 2.70. The molecule has 140 valence electrons. The van der Waals surface area contributed by atoms with Crippen LogP contribution >= 0.6 is 0 Å². The standard InChI is InChI=1S/C24H32O2/c1-6-24(16(3)25)12-9-20-18-13-15(2)21-14-17(26)7-10-22(21,4)19(18)8-11-23(20,24)5/h1,14-15,18-20H,7-13H2,2-5H3/t15-,18-,19+,20+,22-,23+,24-/m1/s1. The third kappa shape index (κ3) is 2.01. The predicted octanol–water partition coefficient (Wildman–Crippen LogP) is 4.97. The van der Waals surface area contributed by atoms with Gasteiger partial charge >= 0.3 is 0 Å². The van der Waals surface area contributed by atoms with Gasteiger partial charge in [0.05, 0.1) is 5.41 Å². The summed E-state index contributed by atoms with van der Waals surface area (Å²) in [5.41, 5.74) is 0.948. The first kappa shape index (κ1) is 18.0. The Morgan fingerprint density at radius 1 is 1.19 bits per heavy atom. The van der Waals surface area contributed by atoms with Crippen molar-refractivity contribution in [3.63, 3.8) is 0 Å². The van der Waals surface area contributed by atoms with Gasteiger partial charge in [-0.25, -0.2) is 0 Å². The molecule has 0 aromatic heterocycles. The Morgan fingerprint density at radius 3 is 2.54 bits per heavy atom. The summed E-state index contributed by atoms with van der Waals surface area (Å²) < 4.78 is 0. The molecule has 0 aliphatic heterocycles. The van der Waals surface area contributed by atoms with Gasteiger partial charge in [0, 0.05) is 6.42 Å². The van der Waals surface area contributed by atoms with Crippen LogP contribution in [-0.4, -0.2) is 11.6 Å². The van der Waals surface area contributed by atoms with Crippen LogP contribution in [0.5, 0.6) is 0 Å². The zero-order valence-corrected chi connectivity index (χ0v) is 16.7. The van der Waals surface area contributed by atoms with Crippen molar-refractivity contribution in [3.8, 4) is 12.3 Å². The summed E-state index contributed by atoms with van der Waals surface area (Å²) in [4.78, 5) is 24.7. The molecule has 4 rings (SSSR count). The third-order valence-electron chi connectivity index (χ3n) is 9.32. The van der Waals surface area contributed by atoms with Gasteiger partial charge in [0.15, 0.2) is 5.78 Å². The van der Waals surface area contributed by atoms with Crippen molar-refractivity contribution in [3.05, 3.63) is 11.6 Å². The van der Waals surface area contributed by atoms with Gasteiger partial charge in [0.25, 0.3) is 0 Å². The SMILES string of the molecule is C#C[C@]1(C(C)=O)CC[C@H]2[C@@H]3C[C@@H](C)C4=CC(=O)CC[C@]4(C)[C@H]3CC[C@@]21C. The Hall–Kier alpha value is -1.36. The number of fused-ring (bicyclic) bond motifs is 5. The maximum atomic E-state index is 12.6. The molecule has 3 fully saturated rings. The largest absolute Gasteiger partial charge is 0.298 e. The molecule has 0 N–H and O–H groups in total. The fourth-order valence-corrected chi connectivity index (χ4v) is 7.94. The summed E-state index contributed by atoms with van der Waals surface area (Å²) in [6.45, 7) is 8.73. The lowest BCUT2D eigenvalue weighted by molar-refractivity contribution is -0.135. The maximum absolute atomic E-state index is 12.6. The van der Waals surface area contributed by atoms with Crippen LogP contribution in [0.4, 0.5) is 0 Å². The van der Waals surface area contributed by atoms with Crippen molar-refractivity contribution < 1.29 is 9.59 Å². The van der Waals surface area contributed by atoms with E-state index < -0.39 is 5.41 Å². The minimum Gasteiger partial charge on any atom is -0.298 e. The second-order valence-corrected chi connectivity index (χ2v) is 10.1. The van der Waals surface area contributed by atoms with Gasteiger partial charge in [0.2, 0.25) is 0 Å². The second-order valence-electron chi connectivity index (χ2n) is 10.1. The molecule has 0 unspecified atom stereocenters. The topological polar surface area (TPSA) is 34.1 Å². The summed E-state index contributed by atoms with van der Waals surface area (Å²) in [5, 5.41) is 0. The molecule has 0 heterocycles. The van der Waals surface area contributed by atoms with Crippen molar-refractivity contribution in [1.29, 1.82) is 0 Å². The van der Waals surface area contributed by atoms with E-state index in [2.05, 4.69) is 26.7 Å². The molecule has 2 nitrogen and oxygen atoms in total. The minimum atomic E-state index is -0.564. The van der Waals surface area contributed by atoms with E-state index in [1.165, 1.54) is 5.57 Å². The fourth-order valence-electron chi connectivity index (χ4n) is 7.94. The lowest BCUT2D eigenvalue weighted by Gasteiger charge is -2.60. The van der Waals surface area contributed by atoms with Crippen molar-refractivity contribution in [1.82, 2.24) is 0 Å². The van der Waals surface area contributed by atoms with Gasteiger partial charge in [-0.2, -0.15) is 0 Å². The summed E-state index contributed by atoms with van der Waals surface area (Å²) in [5.74, 6) is 5.77. The van der Waals surface area contributed by atoms with E-state index in [1.54, 1.807) is 6.92 Å². The predicted molar refractivity (Wildman–Crippen MR) is 103 cm³/mol. The van der Waals surface area contributed by atoms with Gasteiger partial charge in [-0.15, -0.1) is 6.42 Å². The fraction of sp³-hybridized carbons (Fsp3) is 0.750. The number of ketones is 2. The second kappa shape index (κ2) is 5.57. The molecule has 7 atom stereocenters. The van der Waals surface area contributed by atoms with Gasteiger partial charge < -0.3 is 0 Å².